The van der Waals surface area contributed by atoms with E-state index in [1.165, 1.54) is 413 Å². The molecule has 0 amide bonds. The van der Waals surface area contributed by atoms with E-state index >= 15 is 0 Å². The van der Waals surface area contributed by atoms with E-state index < -0.39 is 0 Å². The van der Waals surface area contributed by atoms with Gasteiger partial charge in [-0.1, -0.05) is 446 Å². The number of benzene rings is 4. The highest BCUT2D eigenvalue weighted by Crippen LogP contribution is 2.51. The smallest absolute Gasteiger partial charge is 0.0861 e. The van der Waals surface area contributed by atoms with Gasteiger partial charge >= 0.3 is 0 Å². The van der Waals surface area contributed by atoms with Crippen LogP contribution in [0.4, 0.5) is 0 Å². The van der Waals surface area contributed by atoms with Gasteiger partial charge in [0.05, 0.1) is 47.2 Å². The Balaban J connectivity index is 0.000000248. The Kier molecular flexibility index (Phi) is 47.6. The Morgan fingerprint density at radius 1 is 0.203 bits per heavy atom. The molecule has 0 aliphatic heterocycles. The van der Waals surface area contributed by atoms with Crippen LogP contribution in [0.2, 0.25) is 0 Å². The Hall–Kier alpha value is -6.60. The second kappa shape index (κ2) is 59.8. The third-order valence-corrected chi connectivity index (χ3v) is 30.9. The molecule has 4 aromatic carbocycles. The van der Waals surface area contributed by atoms with E-state index in [0.29, 0.717) is 23.7 Å². The van der Waals surface area contributed by atoms with Crippen molar-refractivity contribution in [2.24, 2.45) is 47.3 Å². The monoisotopic (exact) mass is 1730 g/mol. The predicted molar refractivity (Wildman–Crippen MR) is 549 cm³/mol. The second-order valence-electron chi connectivity index (χ2n) is 41.1. The van der Waals surface area contributed by atoms with Crippen molar-refractivity contribution < 1.29 is 9.47 Å². The molecule has 4 aromatic heterocycles. The molecule has 6 heteroatoms. The molecule has 6 nitrogen and oxygen atoms in total. The summed E-state index contributed by atoms with van der Waals surface area (Å²) in [4.78, 5) is 19.9. The molecule has 128 heavy (non-hydrogen) atoms. The minimum absolute atomic E-state index is 0.0847. The van der Waals surface area contributed by atoms with Crippen molar-refractivity contribution in [2.45, 2.75) is 452 Å². The molecule has 4 saturated carbocycles. The van der Waals surface area contributed by atoms with Gasteiger partial charge in [-0.15, -0.1) is 0 Å². The van der Waals surface area contributed by atoms with Crippen LogP contribution in [0.25, 0.3) is 45.0 Å². The standard InChI is InChI=1S/C62H92N2O.C60H88N2O/c1-5-9-13-15-17-19-21-25-51-31-45-59(63-47-51)53-37-41-57(42-38-53)61(55-33-27-49(28-34-55)23-11-7-3)65-62(56-35-29-50(30-36-56)24-12-8-4)58-43-39-54(40-44-58)60-46-32-52(48-64-60)26-22-20-18-16-14-10-6-2;1-5-9-11-13-15-17-19-23-49-29-43-57(61-45-49)51-35-39-55(40-36-51)59(53-31-25-47(21-7-3)26-32-53)63-60(54-33-27-48(22-8-4)28-34-54)56-41-37-52(38-42-56)58-44-30-50(46-62-58)24-20-18-16-14-12-10-6-2/h31-32,37-50,55-56,61-62H,5-30,33-36H2,1-4H3;29-30,35-48,53-54,59-60H,5-28,31-34H2,1-4H3/t49-,50-,55-,56-,61?,62?;47-,48-,53-,54-,59?,60?. The van der Waals surface area contributed by atoms with Crippen LogP contribution in [0.1, 0.15) is 471 Å². The summed E-state index contributed by atoms with van der Waals surface area (Å²) in [7, 11) is 0. The number of rotatable bonds is 58. The SMILES string of the molecule is CCCCCCCCCc1ccc(-c2ccc(C(OC(c3ccc(-c4ccc(CCCCCCCCC)cn4)cc3)[C@H]3CC[C@H](CCC)CC3)[C@H]3CC[C@H](CCC)CC3)cc2)nc1.CCCCCCCCCc1ccc(-c2ccc(C(OC(c3ccc(-c4ccc(CCCCCCCCC)cn4)cc3)[C@H]3CC[C@H](CCCC)CC3)[C@H]3CC[C@H](CCCC)CC3)cc2)nc1. The van der Waals surface area contributed by atoms with E-state index in [1.807, 2.05) is 0 Å². The molecule has 4 aliphatic carbocycles. The molecule has 4 unspecified atom stereocenters. The summed E-state index contributed by atoms with van der Waals surface area (Å²) in [6.45, 7) is 18.6. The average Bonchev–Trinajstić information content (AvgIpc) is 0.805. The minimum atomic E-state index is 0.0847. The number of hydrogen-bond donors (Lipinski definition) is 0. The predicted octanol–water partition coefficient (Wildman–Crippen LogP) is 37.6. The van der Waals surface area contributed by atoms with Crippen LogP contribution in [0.5, 0.6) is 0 Å². The first-order chi connectivity index (χ1) is 63.2. The molecule has 8 aromatic rings. The quantitative estimate of drug-likeness (QED) is 0.0354. The van der Waals surface area contributed by atoms with Gasteiger partial charge in [-0.25, -0.2) is 0 Å². The summed E-state index contributed by atoms with van der Waals surface area (Å²) < 4.78 is 15.5. The number of ether oxygens (including phenoxy) is 2. The Morgan fingerprint density at radius 3 is 0.586 bits per heavy atom. The lowest BCUT2D eigenvalue weighted by molar-refractivity contribution is -0.0908. The fraction of sp³-hybridized carbons (Fsp3) is 0.639. The summed E-state index contributed by atoms with van der Waals surface area (Å²) in [6, 6.07) is 55.9. The van der Waals surface area contributed by atoms with Crippen LogP contribution >= 0.6 is 0 Å². The first kappa shape index (κ1) is 102. The number of unbranched alkanes of at least 4 members (excludes halogenated alkanes) is 26. The van der Waals surface area contributed by atoms with E-state index in [1.54, 1.807) is 0 Å². The van der Waals surface area contributed by atoms with Gasteiger partial charge in [0.2, 0.25) is 0 Å². The topological polar surface area (TPSA) is 70.0 Å². The fourth-order valence-corrected chi connectivity index (χ4v) is 22.6. The van der Waals surface area contributed by atoms with Crippen LogP contribution in [-0.4, -0.2) is 19.9 Å². The molecule has 0 spiro atoms. The van der Waals surface area contributed by atoms with Crippen molar-refractivity contribution in [3.05, 3.63) is 215 Å². The van der Waals surface area contributed by atoms with E-state index in [9.17, 15) is 0 Å². The molecule has 700 valence electrons. The van der Waals surface area contributed by atoms with Crippen molar-refractivity contribution in [3.63, 3.8) is 0 Å². The number of pyridine rings is 4. The molecule has 0 radical (unpaired) electrons. The zero-order valence-electron chi connectivity index (χ0n) is 82.7. The molecule has 4 atom stereocenters. The van der Waals surface area contributed by atoms with Gasteiger partial charge in [-0.2, -0.15) is 0 Å². The van der Waals surface area contributed by atoms with Gasteiger partial charge in [0, 0.05) is 47.0 Å². The highest BCUT2D eigenvalue weighted by molar-refractivity contribution is 5.63. The fourth-order valence-electron chi connectivity index (χ4n) is 22.6. The Bertz CT molecular complexity index is 3830. The normalized spacial score (nSPS) is 20.0. The first-order valence-electron chi connectivity index (χ1n) is 54.7. The van der Waals surface area contributed by atoms with Gasteiger partial charge in [0.25, 0.3) is 0 Å². The highest BCUT2D eigenvalue weighted by atomic mass is 16.5. The zero-order chi connectivity index (χ0) is 89.2. The lowest BCUT2D eigenvalue weighted by atomic mass is 9.74. The van der Waals surface area contributed by atoms with Crippen molar-refractivity contribution in [1.82, 2.24) is 19.9 Å². The van der Waals surface area contributed by atoms with E-state index in [2.05, 4.69) is 226 Å². The number of hydrogen-bond acceptors (Lipinski definition) is 6. The van der Waals surface area contributed by atoms with Gasteiger partial charge < -0.3 is 9.47 Å². The molecule has 4 aliphatic rings. The molecule has 12 rings (SSSR count). The van der Waals surface area contributed by atoms with E-state index in [-0.39, 0.29) is 24.4 Å². The second-order valence-corrected chi connectivity index (χ2v) is 41.1. The van der Waals surface area contributed by atoms with Crippen molar-refractivity contribution in [2.75, 3.05) is 0 Å². The lowest BCUT2D eigenvalue weighted by Crippen LogP contribution is -2.28. The molecule has 0 N–H and O–H groups in total. The number of aryl methyl sites for hydroxylation is 4. The summed E-state index contributed by atoms with van der Waals surface area (Å²) in [5.41, 5.74) is 19.9. The molecule has 4 heterocycles. The molecule has 0 saturated heterocycles. The number of nitrogens with zero attached hydrogens (tertiary/aromatic N) is 4. The third kappa shape index (κ3) is 34.8. The molecular formula is C122H180N4O2. The van der Waals surface area contributed by atoms with Crippen LogP contribution < -0.4 is 0 Å². The lowest BCUT2D eigenvalue weighted by Gasteiger charge is -2.40. The van der Waals surface area contributed by atoms with Crippen molar-refractivity contribution in [1.29, 1.82) is 0 Å². The first-order valence-corrected chi connectivity index (χ1v) is 54.7. The maximum absolute atomic E-state index is 7.77. The highest BCUT2D eigenvalue weighted by Gasteiger charge is 2.39. The molecule has 0 bridgehead atoms. The van der Waals surface area contributed by atoms with Gasteiger partial charge in [-0.05, 0) is 219 Å². The maximum Gasteiger partial charge on any atom is 0.0861 e. The summed E-state index contributed by atoms with van der Waals surface area (Å²) >= 11 is 0. The Labute approximate surface area is 783 Å². The third-order valence-electron chi connectivity index (χ3n) is 30.9. The molecular weight excluding hydrogens is 1550 g/mol. The van der Waals surface area contributed by atoms with Crippen molar-refractivity contribution >= 4 is 0 Å². The summed E-state index contributed by atoms with van der Waals surface area (Å²) in [5, 5.41) is 0. The summed E-state index contributed by atoms with van der Waals surface area (Å²) in [5.74, 6) is 5.63. The van der Waals surface area contributed by atoms with Gasteiger partial charge in [-0.3, -0.25) is 19.9 Å². The van der Waals surface area contributed by atoms with Gasteiger partial charge in [0.1, 0.15) is 0 Å². The van der Waals surface area contributed by atoms with Crippen LogP contribution in [0, 0.1) is 47.3 Å². The zero-order valence-corrected chi connectivity index (χ0v) is 82.7. The van der Waals surface area contributed by atoms with Crippen molar-refractivity contribution in [3.8, 4) is 45.0 Å². The van der Waals surface area contributed by atoms with Crippen LogP contribution in [0.15, 0.2) is 170 Å². The van der Waals surface area contributed by atoms with Crippen LogP contribution in [-0.2, 0) is 35.2 Å². The van der Waals surface area contributed by atoms with Gasteiger partial charge in [0.15, 0.2) is 0 Å². The average molecular weight is 1730 g/mol. The number of aromatic nitrogens is 4. The van der Waals surface area contributed by atoms with E-state index in [0.717, 1.165) is 72.1 Å². The maximum atomic E-state index is 7.77. The minimum Gasteiger partial charge on any atom is -0.365 e. The largest absolute Gasteiger partial charge is 0.365 e. The van der Waals surface area contributed by atoms with Crippen LogP contribution in [0.3, 0.4) is 0 Å². The van der Waals surface area contributed by atoms with E-state index in [4.69, 9.17) is 29.4 Å². The Morgan fingerprint density at radius 2 is 0.398 bits per heavy atom. The molecule has 4 fully saturated rings. The summed E-state index contributed by atoms with van der Waals surface area (Å²) in [6.07, 6.45) is 85.2.